The summed E-state index contributed by atoms with van der Waals surface area (Å²) in [6, 6.07) is 4.14. The summed E-state index contributed by atoms with van der Waals surface area (Å²) in [6.07, 6.45) is 0. The van der Waals surface area contributed by atoms with Gasteiger partial charge in [0.05, 0.1) is 6.07 Å². The van der Waals surface area contributed by atoms with E-state index in [1.54, 1.807) is 0 Å². The third-order valence-corrected chi connectivity index (χ3v) is 1.51. The van der Waals surface area contributed by atoms with Gasteiger partial charge in [0, 0.05) is 4.47 Å². The lowest BCUT2D eigenvalue weighted by molar-refractivity contribution is 0.633. The fourth-order valence-corrected chi connectivity index (χ4v) is 0.911. The summed E-state index contributed by atoms with van der Waals surface area (Å²) in [7, 11) is 0. The van der Waals surface area contributed by atoms with Gasteiger partial charge in [-0.2, -0.15) is 4.39 Å². The van der Waals surface area contributed by atoms with Crippen LogP contribution in [0.25, 0.3) is 4.98 Å². The van der Waals surface area contributed by atoms with Gasteiger partial charge in [0.2, 0.25) is 11.2 Å². The first-order chi connectivity index (χ1) is 4.74. The van der Waals surface area contributed by atoms with Crippen LogP contribution in [0.1, 0.15) is 0 Å². The molecule has 0 N–H and O–H groups in total. The van der Waals surface area contributed by atoms with E-state index in [9.17, 15) is 4.39 Å². The summed E-state index contributed by atoms with van der Waals surface area (Å²) in [5.74, 6) is -0.536. The van der Waals surface area contributed by atoms with Crippen LogP contribution in [0.2, 0.25) is 0 Å². The fraction of sp³-hybridized carbons (Fsp3) is 0. The highest BCUT2D eigenvalue weighted by Crippen LogP contribution is 2.21. The number of nitrogens with zero attached hydrogens (tertiary/aromatic N) is 2. The molecular formula is C6H3BrFN2+. The second-order valence-electron chi connectivity index (χ2n) is 1.70. The van der Waals surface area contributed by atoms with E-state index < -0.39 is 5.82 Å². The van der Waals surface area contributed by atoms with Crippen molar-refractivity contribution >= 4 is 21.6 Å². The predicted octanol–water partition coefficient (Wildman–Crippen LogP) is 3.07. The molecule has 0 aliphatic heterocycles. The molecule has 0 radical (unpaired) electrons. The smallest absolute Gasteiger partial charge is 0.198 e. The Kier molecular flexibility index (Phi) is 1.97. The van der Waals surface area contributed by atoms with Crippen molar-refractivity contribution in [2.45, 2.75) is 0 Å². The van der Waals surface area contributed by atoms with Gasteiger partial charge < -0.3 is 0 Å². The average molecular weight is 202 g/mol. The molecule has 0 aliphatic rings. The zero-order chi connectivity index (χ0) is 7.56. The molecule has 1 rings (SSSR count). The SMILES string of the molecule is N#[N+]c1cc(Br)ccc1F. The lowest BCUT2D eigenvalue weighted by Gasteiger charge is -1.83. The molecule has 1 aromatic carbocycles. The molecule has 4 heteroatoms. The van der Waals surface area contributed by atoms with Crippen molar-refractivity contribution in [2.24, 2.45) is 0 Å². The molecule has 0 heterocycles. The topological polar surface area (TPSA) is 28.1 Å². The van der Waals surface area contributed by atoms with Crippen LogP contribution >= 0.6 is 15.9 Å². The molecule has 0 saturated carbocycles. The Morgan fingerprint density at radius 3 is 2.70 bits per heavy atom. The Balaban J connectivity index is 3.25. The van der Waals surface area contributed by atoms with Crippen LogP contribution in [0.3, 0.4) is 0 Å². The highest BCUT2D eigenvalue weighted by atomic mass is 79.9. The van der Waals surface area contributed by atoms with Crippen LogP contribution in [0.5, 0.6) is 0 Å². The summed E-state index contributed by atoms with van der Waals surface area (Å²) in [5.41, 5.74) is -0.0608. The van der Waals surface area contributed by atoms with Crippen LogP contribution in [0.15, 0.2) is 22.7 Å². The third-order valence-electron chi connectivity index (χ3n) is 1.02. The largest absolute Gasteiger partial charge is 0.421 e. The van der Waals surface area contributed by atoms with Crippen molar-refractivity contribution in [1.82, 2.24) is 0 Å². The van der Waals surface area contributed by atoms with E-state index in [4.69, 9.17) is 5.39 Å². The van der Waals surface area contributed by atoms with Gasteiger partial charge in [0.25, 0.3) is 0 Å². The molecule has 0 atom stereocenters. The van der Waals surface area contributed by atoms with Crippen LogP contribution < -0.4 is 0 Å². The Bertz CT molecular complexity index is 292. The second kappa shape index (κ2) is 2.76. The van der Waals surface area contributed by atoms with Crippen LogP contribution in [0, 0.1) is 11.2 Å². The van der Waals surface area contributed by atoms with Crippen LogP contribution in [-0.2, 0) is 0 Å². The van der Waals surface area contributed by atoms with E-state index in [2.05, 4.69) is 20.9 Å². The molecule has 0 saturated heterocycles. The van der Waals surface area contributed by atoms with Gasteiger partial charge in [-0.1, -0.05) is 15.9 Å². The minimum Gasteiger partial charge on any atom is -0.198 e. The van der Waals surface area contributed by atoms with Crippen molar-refractivity contribution in [3.8, 4) is 0 Å². The zero-order valence-electron chi connectivity index (χ0n) is 4.88. The third kappa shape index (κ3) is 1.31. The molecule has 1 aromatic rings. The highest BCUT2D eigenvalue weighted by Gasteiger charge is 2.12. The van der Waals surface area contributed by atoms with E-state index in [1.165, 1.54) is 18.2 Å². The first kappa shape index (κ1) is 7.16. The number of diazo groups is 1. The van der Waals surface area contributed by atoms with Gasteiger partial charge in [0.15, 0.2) is 4.98 Å². The maximum Gasteiger partial charge on any atom is 0.421 e. The quantitative estimate of drug-likeness (QED) is 0.594. The van der Waals surface area contributed by atoms with E-state index >= 15 is 0 Å². The average Bonchev–Trinajstić information content (AvgIpc) is 1.94. The molecular weight excluding hydrogens is 199 g/mol. The summed E-state index contributed by atoms with van der Waals surface area (Å²) in [4.78, 5) is 2.73. The van der Waals surface area contributed by atoms with Crippen molar-refractivity contribution in [1.29, 1.82) is 5.39 Å². The van der Waals surface area contributed by atoms with Crippen molar-refractivity contribution in [2.75, 3.05) is 0 Å². The summed E-state index contributed by atoms with van der Waals surface area (Å²) in [5, 5.41) is 8.21. The zero-order valence-corrected chi connectivity index (χ0v) is 6.47. The van der Waals surface area contributed by atoms with Crippen molar-refractivity contribution in [3.63, 3.8) is 0 Å². The summed E-state index contributed by atoms with van der Waals surface area (Å²) < 4.78 is 13.2. The number of hydrogen-bond donors (Lipinski definition) is 0. The minimum atomic E-state index is -0.536. The monoisotopic (exact) mass is 201 g/mol. The van der Waals surface area contributed by atoms with Gasteiger partial charge in [0.1, 0.15) is 0 Å². The van der Waals surface area contributed by atoms with Crippen molar-refractivity contribution < 1.29 is 4.39 Å². The van der Waals surface area contributed by atoms with Gasteiger partial charge in [-0.05, 0) is 12.1 Å². The summed E-state index contributed by atoms with van der Waals surface area (Å²) >= 11 is 3.10. The molecule has 2 nitrogen and oxygen atoms in total. The predicted molar refractivity (Wildman–Crippen MR) is 38.8 cm³/mol. The molecule has 50 valence electrons. The minimum absolute atomic E-state index is 0.0608. The van der Waals surface area contributed by atoms with Gasteiger partial charge >= 0.3 is 5.69 Å². The maximum absolute atomic E-state index is 12.5. The molecule has 0 amide bonds. The lowest BCUT2D eigenvalue weighted by atomic mass is 10.3. The Morgan fingerprint density at radius 1 is 1.50 bits per heavy atom. The summed E-state index contributed by atoms with van der Waals surface area (Å²) in [6.45, 7) is 0. The molecule has 0 aliphatic carbocycles. The molecule has 0 fully saturated rings. The fourth-order valence-electron chi connectivity index (χ4n) is 0.562. The number of benzene rings is 1. The Hall–Kier alpha value is -0.950. The lowest BCUT2D eigenvalue weighted by Crippen LogP contribution is -1.71. The second-order valence-corrected chi connectivity index (χ2v) is 2.61. The molecule has 0 spiro atoms. The normalized spacial score (nSPS) is 8.90. The number of halogens is 2. The van der Waals surface area contributed by atoms with Gasteiger partial charge in [-0.3, -0.25) is 0 Å². The Labute approximate surface area is 65.4 Å². The van der Waals surface area contributed by atoms with Crippen molar-refractivity contribution in [3.05, 3.63) is 33.5 Å². The molecule has 0 unspecified atom stereocenters. The van der Waals surface area contributed by atoms with Gasteiger partial charge in [-0.15, -0.1) is 0 Å². The first-order valence-corrected chi connectivity index (χ1v) is 3.33. The van der Waals surface area contributed by atoms with E-state index in [0.29, 0.717) is 4.47 Å². The molecule has 0 bridgehead atoms. The molecule has 0 aromatic heterocycles. The van der Waals surface area contributed by atoms with E-state index in [-0.39, 0.29) is 5.69 Å². The van der Waals surface area contributed by atoms with Crippen LogP contribution in [-0.4, -0.2) is 0 Å². The maximum atomic E-state index is 12.5. The standard InChI is InChI=1S/C6H3BrFN2/c7-4-1-2-5(8)6(3-4)10-9/h1-3H/q+1. The van der Waals surface area contributed by atoms with E-state index in [1.807, 2.05) is 0 Å². The highest BCUT2D eigenvalue weighted by molar-refractivity contribution is 9.10. The molecule has 10 heavy (non-hydrogen) atoms. The first-order valence-electron chi connectivity index (χ1n) is 2.54. The Morgan fingerprint density at radius 2 is 2.20 bits per heavy atom. The number of hydrogen-bond acceptors (Lipinski definition) is 1. The van der Waals surface area contributed by atoms with Crippen LogP contribution in [0.4, 0.5) is 10.1 Å². The van der Waals surface area contributed by atoms with Gasteiger partial charge in [-0.25, -0.2) is 0 Å². The van der Waals surface area contributed by atoms with E-state index in [0.717, 1.165) is 0 Å². The number of rotatable bonds is 0.